The lowest BCUT2D eigenvalue weighted by Crippen LogP contribution is -2.14. The molecular formula is C31H39Cl4N8O2P. The lowest BCUT2D eigenvalue weighted by atomic mass is 9.95. The van der Waals surface area contributed by atoms with E-state index < -0.39 is 5.20 Å². The van der Waals surface area contributed by atoms with Gasteiger partial charge < -0.3 is 4.90 Å². The SMILES string of the molecule is CN(C)c1ccccc1.Clc1ncnc2c1cnn2C1CCCCC1.O=C1CC=Nc2c1cnn2C1CCCCC1.O=P(Cl)(Cl)Cl. The Hall–Kier alpha value is -2.49. The summed E-state index contributed by atoms with van der Waals surface area (Å²) < 4.78 is 13.5. The highest BCUT2D eigenvalue weighted by Crippen LogP contribution is 2.61. The topological polar surface area (TPSA) is 111 Å². The highest BCUT2D eigenvalue weighted by Gasteiger charge is 2.25. The van der Waals surface area contributed by atoms with Gasteiger partial charge in [0.2, 0.25) is 0 Å². The normalized spacial score (nSPS) is 16.7. The molecule has 1 aliphatic heterocycles. The summed E-state index contributed by atoms with van der Waals surface area (Å²) in [5.41, 5.74) is 2.82. The molecule has 3 aliphatic rings. The highest BCUT2D eigenvalue weighted by atomic mass is 36.0. The zero-order valence-corrected chi connectivity index (χ0v) is 29.9. The molecule has 2 fully saturated rings. The van der Waals surface area contributed by atoms with Crippen LogP contribution in [0, 0.1) is 0 Å². The van der Waals surface area contributed by atoms with Gasteiger partial charge in [-0.1, -0.05) is 68.3 Å². The van der Waals surface area contributed by atoms with Crippen LogP contribution in [0.2, 0.25) is 5.15 Å². The minimum atomic E-state index is -3.22. The van der Waals surface area contributed by atoms with Crippen LogP contribution in [-0.2, 0) is 4.57 Å². The number of Topliss-reactive ketones (excluding diaryl/α,β-unsaturated/α-hetero) is 1. The van der Waals surface area contributed by atoms with Crippen LogP contribution < -0.4 is 4.90 Å². The molecule has 4 heterocycles. The van der Waals surface area contributed by atoms with Crippen LogP contribution in [0.5, 0.6) is 0 Å². The van der Waals surface area contributed by atoms with E-state index in [9.17, 15) is 9.36 Å². The summed E-state index contributed by atoms with van der Waals surface area (Å²) in [7, 11) is 4.07. The Balaban J connectivity index is 0.000000151. The summed E-state index contributed by atoms with van der Waals surface area (Å²) in [6.07, 6.45) is 19.5. The third-order valence-corrected chi connectivity index (χ3v) is 8.32. The van der Waals surface area contributed by atoms with Crippen molar-refractivity contribution in [2.45, 2.75) is 82.7 Å². The van der Waals surface area contributed by atoms with Gasteiger partial charge in [0.05, 0.1) is 35.4 Å². The van der Waals surface area contributed by atoms with Crippen LogP contribution in [0.3, 0.4) is 0 Å². The van der Waals surface area contributed by atoms with Gasteiger partial charge in [0.25, 0.3) is 0 Å². The Kier molecular flexibility index (Phi) is 13.9. The van der Waals surface area contributed by atoms with Gasteiger partial charge in [-0.15, -0.1) is 0 Å². The summed E-state index contributed by atoms with van der Waals surface area (Å²) in [6, 6.07) is 11.2. The van der Waals surface area contributed by atoms with Crippen molar-refractivity contribution in [2.24, 2.45) is 4.99 Å². The average Bonchev–Trinajstić information content (AvgIpc) is 3.69. The zero-order valence-electron chi connectivity index (χ0n) is 26.0. The second kappa shape index (κ2) is 17.6. The van der Waals surface area contributed by atoms with Crippen molar-refractivity contribution in [3.63, 3.8) is 0 Å². The Morgan fingerprint density at radius 3 is 1.96 bits per heavy atom. The first-order chi connectivity index (χ1) is 22.0. The molecule has 4 aromatic rings. The molecule has 248 valence electrons. The number of nitrogens with zero attached hydrogens (tertiary/aromatic N) is 8. The number of ketones is 1. The molecule has 0 radical (unpaired) electrons. The summed E-state index contributed by atoms with van der Waals surface area (Å²) in [5.74, 6) is 0.926. The third kappa shape index (κ3) is 10.8. The third-order valence-electron chi connectivity index (χ3n) is 8.02. The molecule has 2 saturated carbocycles. The van der Waals surface area contributed by atoms with E-state index in [4.69, 9.17) is 11.6 Å². The number of aromatic nitrogens is 6. The molecule has 0 bridgehead atoms. The lowest BCUT2D eigenvalue weighted by Gasteiger charge is -2.23. The second-order valence-electron chi connectivity index (χ2n) is 11.5. The number of halogens is 4. The van der Waals surface area contributed by atoms with E-state index in [1.165, 1.54) is 63.4 Å². The van der Waals surface area contributed by atoms with E-state index in [0.29, 0.717) is 29.2 Å². The average molecular weight is 728 g/mol. The van der Waals surface area contributed by atoms with Gasteiger partial charge in [-0.05, 0) is 71.5 Å². The predicted octanol–water partition coefficient (Wildman–Crippen LogP) is 10.2. The van der Waals surface area contributed by atoms with Gasteiger partial charge >= 0.3 is 5.20 Å². The van der Waals surface area contributed by atoms with Crippen LogP contribution in [-0.4, -0.2) is 55.6 Å². The lowest BCUT2D eigenvalue weighted by molar-refractivity contribution is 0.100. The summed E-state index contributed by atoms with van der Waals surface area (Å²) >= 11 is 19.9. The van der Waals surface area contributed by atoms with Gasteiger partial charge in [0.15, 0.2) is 17.2 Å². The minimum Gasteiger partial charge on any atom is -0.378 e. The minimum absolute atomic E-state index is 0.145. The molecule has 0 saturated heterocycles. The number of fused-ring (bicyclic) bond motifs is 2. The number of rotatable bonds is 3. The molecule has 0 N–H and O–H groups in total. The molecule has 0 amide bonds. The maximum Gasteiger partial charge on any atom is 0.339 e. The fraction of sp³-hybridized carbons (Fsp3) is 0.484. The van der Waals surface area contributed by atoms with E-state index in [2.05, 4.69) is 75.9 Å². The van der Waals surface area contributed by atoms with Gasteiger partial charge in [-0.3, -0.25) is 9.36 Å². The van der Waals surface area contributed by atoms with Crippen molar-refractivity contribution in [1.82, 2.24) is 29.5 Å². The smallest absolute Gasteiger partial charge is 0.339 e. The van der Waals surface area contributed by atoms with E-state index in [0.717, 1.165) is 29.7 Å². The Labute approximate surface area is 289 Å². The van der Waals surface area contributed by atoms with Crippen LogP contribution in [0.25, 0.3) is 11.0 Å². The van der Waals surface area contributed by atoms with Crippen LogP contribution in [0.1, 0.15) is 93.1 Å². The summed E-state index contributed by atoms with van der Waals surface area (Å²) in [4.78, 5) is 26.3. The predicted molar refractivity (Wildman–Crippen MR) is 190 cm³/mol. The molecule has 3 aromatic heterocycles. The first-order valence-electron chi connectivity index (χ1n) is 15.4. The van der Waals surface area contributed by atoms with Crippen molar-refractivity contribution in [3.8, 4) is 0 Å². The van der Waals surface area contributed by atoms with Gasteiger partial charge in [0.1, 0.15) is 11.5 Å². The highest BCUT2D eigenvalue weighted by molar-refractivity contribution is 8.24. The molecule has 0 unspecified atom stereocenters. The van der Waals surface area contributed by atoms with Crippen LogP contribution in [0.15, 0.2) is 54.0 Å². The van der Waals surface area contributed by atoms with Crippen molar-refractivity contribution >= 4 is 85.1 Å². The van der Waals surface area contributed by atoms with Gasteiger partial charge in [0, 0.05) is 32.4 Å². The first kappa shape index (κ1) is 36.3. The Morgan fingerprint density at radius 1 is 0.826 bits per heavy atom. The largest absolute Gasteiger partial charge is 0.378 e. The van der Waals surface area contributed by atoms with E-state index in [1.807, 2.05) is 41.7 Å². The molecule has 10 nitrogen and oxygen atoms in total. The van der Waals surface area contributed by atoms with Crippen molar-refractivity contribution < 1.29 is 9.36 Å². The first-order valence-corrected chi connectivity index (χ1v) is 20.2. The number of para-hydroxylation sites is 1. The van der Waals surface area contributed by atoms with Gasteiger partial charge in [-0.25, -0.2) is 24.3 Å². The maximum atomic E-state index is 11.6. The second-order valence-corrected chi connectivity index (χ2v) is 18.5. The molecule has 1 aromatic carbocycles. The zero-order chi connectivity index (χ0) is 33.1. The Morgan fingerprint density at radius 2 is 1.39 bits per heavy atom. The van der Waals surface area contributed by atoms with E-state index >= 15 is 0 Å². The fourth-order valence-corrected chi connectivity index (χ4v) is 5.93. The van der Waals surface area contributed by atoms with Crippen LogP contribution >= 0.6 is 50.5 Å². The summed E-state index contributed by atoms with van der Waals surface area (Å²) in [6.45, 7) is 0. The number of hydrogen-bond acceptors (Lipinski definition) is 8. The molecule has 0 atom stereocenters. The molecular weight excluding hydrogens is 689 g/mol. The van der Waals surface area contributed by atoms with Crippen molar-refractivity contribution in [1.29, 1.82) is 0 Å². The number of benzene rings is 1. The monoisotopic (exact) mass is 726 g/mol. The van der Waals surface area contributed by atoms with E-state index in [-0.39, 0.29) is 5.78 Å². The number of aliphatic imine (C=N–C) groups is 1. The molecule has 2 aliphatic carbocycles. The quantitative estimate of drug-likeness (QED) is 0.153. The molecule has 7 rings (SSSR count). The number of carbonyl (C=O) groups excluding carboxylic acids is 1. The van der Waals surface area contributed by atoms with Crippen molar-refractivity contribution in [3.05, 3.63) is 59.8 Å². The van der Waals surface area contributed by atoms with Gasteiger partial charge in [-0.2, -0.15) is 10.2 Å². The summed E-state index contributed by atoms with van der Waals surface area (Å²) in [5, 5.41) is 6.89. The van der Waals surface area contributed by atoms with E-state index in [1.54, 1.807) is 18.6 Å². The molecule has 46 heavy (non-hydrogen) atoms. The Bertz CT molecular complexity index is 1620. The molecule has 0 spiro atoms. The number of anilines is 1. The standard InChI is InChI=1S/C12H15N3O.C11H13ClN4.C8H11N.Cl3OP/c16-11-6-7-13-12-10(11)8-14-15(12)9-4-2-1-3-5-9;12-10-9-6-15-16(11(9)14-7-13-10)8-4-2-1-3-5-8;1-9(2)8-6-4-3-5-7-8;1-5(2,3)4/h7-9H,1-6H2;6-8H,1-5H2;3-7H,1-2H3;. The van der Waals surface area contributed by atoms with Crippen molar-refractivity contribution in [2.75, 3.05) is 19.0 Å². The maximum absolute atomic E-state index is 11.6. The number of hydrogen-bond donors (Lipinski definition) is 0. The fourth-order valence-electron chi connectivity index (χ4n) is 5.75. The number of carbonyl (C=O) groups is 1. The van der Waals surface area contributed by atoms with Crippen LogP contribution in [0.4, 0.5) is 11.5 Å². The molecule has 15 heteroatoms.